The molecular formula is C15H20ClF3N2O. The number of nitrogens with zero attached hydrogens (tertiary/aromatic N) is 1. The number of carbonyl (C=O) groups is 1. The van der Waals surface area contributed by atoms with E-state index in [1.807, 2.05) is 0 Å². The van der Waals surface area contributed by atoms with E-state index in [2.05, 4.69) is 5.32 Å². The minimum atomic E-state index is -4.35. The number of rotatable bonds is 4. The zero-order chi connectivity index (χ0) is 15.5. The van der Waals surface area contributed by atoms with Gasteiger partial charge in [-0.2, -0.15) is 13.2 Å². The Morgan fingerprint density at radius 3 is 2.73 bits per heavy atom. The van der Waals surface area contributed by atoms with Gasteiger partial charge in [-0.1, -0.05) is 12.1 Å². The molecule has 124 valence electrons. The highest BCUT2D eigenvalue weighted by atomic mass is 35.5. The molecule has 0 radical (unpaired) electrons. The predicted molar refractivity (Wildman–Crippen MR) is 80.8 cm³/mol. The van der Waals surface area contributed by atoms with E-state index >= 15 is 0 Å². The molecule has 1 heterocycles. The molecule has 22 heavy (non-hydrogen) atoms. The van der Waals surface area contributed by atoms with E-state index in [0.717, 1.165) is 31.5 Å². The molecular weight excluding hydrogens is 317 g/mol. The van der Waals surface area contributed by atoms with Crippen molar-refractivity contribution in [1.82, 2.24) is 10.2 Å². The van der Waals surface area contributed by atoms with Gasteiger partial charge in [-0.3, -0.25) is 4.79 Å². The van der Waals surface area contributed by atoms with Crippen LogP contribution in [0.1, 0.15) is 30.4 Å². The summed E-state index contributed by atoms with van der Waals surface area (Å²) in [5, 5.41) is 3.24. The first-order chi connectivity index (χ1) is 9.86. The van der Waals surface area contributed by atoms with E-state index in [0.29, 0.717) is 12.0 Å². The Hall–Kier alpha value is -1.27. The molecule has 1 saturated heterocycles. The van der Waals surface area contributed by atoms with Crippen LogP contribution < -0.4 is 5.32 Å². The Bertz CT molecular complexity index is 502. The second-order valence-corrected chi connectivity index (χ2v) is 5.45. The third kappa shape index (κ3) is 5.18. The lowest BCUT2D eigenvalue weighted by atomic mass is 10.1. The molecule has 7 heteroatoms. The highest BCUT2D eigenvalue weighted by Gasteiger charge is 2.30. The summed E-state index contributed by atoms with van der Waals surface area (Å²) < 4.78 is 37.9. The number of nitrogens with one attached hydrogen (secondary N) is 1. The SMILES string of the molecule is CN(Cc1cccc(C(F)(F)F)c1)C(=O)CC1CCCN1.Cl. The van der Waals surface area contributed by atoms with Crippen LogP contribution in [0.3, 0.4) is 0 Å². The van der Waals surface area contributed by atoms with E-state index < -0.39 is 11.7 Å². The molecule has 1 N–H and O–H groups in total. The molecule has 1 fully saturated rings. The first-order valence-electron chi connectivity index (χ1n) is 7.00. The number of benzene rings is 1. The van der Waals surface area contributed by atoms with Crippen LogP contribution in [-0.2, 0) is 17.5 Å². The summed E-state index contributed by atoms with van der Waals surface area (Å²) >= 11 is 0. The van der Waals surface area contributed by atoms with Crippen molar-refractivity contribution in [1.29, 1.82) is 0 Å². The van der Waals surface area contributed by atoms with Crippen LogP contribution in [0.15, 0.2) is 24.3 Å². The summed E-state index contributed by atoms with van der Waals surface area (Å²) in [4.78, 5) is 13.5. The number of hydrogen-bond acceptors (Lipinski definition) is 2. The fourth-order valence-electron chi connectivity index (χ4n) is 2.51. The van der Waals surface area contributed by atoms with Gasteiger partial charge in [-0.25, -0.2) is 0 Å². The zero-order valence-corrected chi connectivity index (χ0v) is 13.1. The van der Waals surface area contributed by atoms with Crippen molar-refractivity contribution < 1.29 is 18.0 Å². The summed E-state index contributed by atoms with van der Waals surface area (Å²) in [7, 11) is 1.62. The molecule has 1 aliphatic rings. The first kappa shape index (κ1) is 18.8. The summed E-state index contributed by atoms with van der Waals surface area (Å²) in [5.41, 5.74) is -0.196. The van der Waals surface area contributed by atoms with Gasteiger partial charge in [0.05, 0.1) is 5.56 Å². The van der Waals surface area contributed by atoms with Crippen LogP contribution >= 0.6 is 12.4 Å². The highest BCUT2D eigenvalue weighted by molar-refractivity contribution is 5.85. The standard InChI is InChI=1S/C15H19F3N2O.ClH/c1-20(14(21)9-13-6-3-7-19-13)10-11-4-2-5-12(8-11)15(16,17)18;/h2,4-5,8,13,19H,3,6-7,9-10H2,1H3;1H. The molecule has 1 unspecified atom stereocenters. The van der Waals surface area contributed by atoms with E-state index in [4.69, 9.17) is 0 Å². The average Bonchev–Trinajstić information content (AvgIpc) is 2.91. The molecule has 1 aliphatic heterocycles. The molecule has 2 rings (SSSR count). The lowest BCUT2D eigenvalue weighted by Gasteiger charge is -2.20. The fourth-order valence-corrected chi connectivity index (χ4v) is 2.51. The number of halogens is 4. The Labute approximate surface area is 134 Å². The number of amides is 1. The molecule has 0 spiro atoms. The molecule has 0 aliphatic carbocycles. The lowest BCUT2D eigenvalue weighted by Crippen LogP contribution is -2.33. The third-order valence-electron chi connectivity index (χ3n) is 3.68. The lowest BCUT2D eigenvalue weighted by molar-refractivity contribution is -0.137. The molecule has 1 atom stereocenters. The Kier molecular flexibility index (Phi) is 6.68. The van der Waals surface area contributed by atoms with Crippen LogP contribution in [0.2, 0.25) is 0 Å². The molecule has 3 nitrogen and oxygen atoms in total. The van der Waals surface area contributed by atoms with E-state index in [9.17, 15) is 18.0 Å². The molecule has 0 aromatic heterocycles. The zero-order valence-electron chi connectivity index (χ0n) is 12.3. The van der Waals surface area contributed by atoms with Crippen LogP contribution in [0.5, 0.6) is 0 Å². The minimum absolute atomic E-state index is 0. The normalized spacial score (nSPS) is 17.9. The Morgan fingerprint density at radius 2 is 2.14 bits per heavy atom. The maximum atomic E-state index is 12.6. The highest BCUT2D eigenvalue weighted by Crippen LogP contribution is 2.29. The van der Waals surface area contributed by atoms with Gasteiger partial charge in [-0.05, 0) is 37.1 Å². The molecule has 1 amide bonds. The maximum absolute atomic E-state index is 12.6. The van der Waals surface area contributed by atoms with Crippen molar-refractivity contribution in [2.24, 2.45) is 0 Å². The van der Waals surface area contributed by atoms with Crippen LogP contribution in [0.4, 0.5) is 13.2 Å². The van der Waals surface area contributed by atoms with Crippen LogP contribution in [0, 0.1) is 0 Å². The van der Waals surface area contributed by atoms with Crippen molar-refractivity contribution in [2.75, 3.05) is 13.6 Å². The maximum Gasteiger partial charge on any atom is 0.416 e. The Morgan fingerprint density at radius 1 is 1.41 bits per heavy atom. The summed E-state index contributed by atoms with van der Waals surface area (Å²) in [6.07, 6.45) is -1.92. The van der Waals surface area contributed by atoms with Gasteiger partial charge < -0.3 is 10.2 Å². The monoisotopic (exact) mass is 336 g/mol. The second kappa shape index (κ2) is 7.83. The smallest absolute Gasteiger partial charge is 0.341 e. The van der Waals surface area contributed by atoms with E-state index in [-0.39, 0.29) is 30.9 Å². The molecule has 0 saturated carbocycles. The topological polar surface area (TPSA) is 32.3 Å². The average molecular weight is 337 g/mol. The van der Waals surface area contributed by atoms with Crippen molar-refractivity contribution in [3.8, 4) is 0 Å². The number of hydrogen-bond donors (Lipinski definition) is 1. The van der Waals surface area contributed by atoms with Gasteiger partial charge >= 0.3 is 6.18 Å². The summed E-state index contributed by atoms with van der Waals surface area (Å²) in [5.74, 6) is -0.0492. The number of carbonyl (C=O) groups excluding carboxylic acids is 1. The van der Waals surface area contributed by atoms with Gasteiger partial charge in [0.2, 0.25) is 5.91 Å². The number of alkyl halides is 3. The van der Waals surface area contributed by atoms with E-state index in [1.54, 1.807) is 13.1 Å². The van der Waals surface area contributed by atoms with Gasteiger partial charge in [0.25, 0.3) is 0 Å². The summed E-state index contributed by atoms with van der Waals surface area (Å²) in [6.45, 7) is 1.12. The largest absolute Gasteiger partial charge is 0.416 e. The fraction of sp³-hybridized carbons (Fsp3) is 0.533. The first-order valence-corrected chi connectivity index (χ1v) is 7.00. The van der Waals surface area contributed by atoms with Crippen molar-refractivity contribution in [3.05, 3.63) is 35.4 Å². The van der Waals surface area contributed by atoms with Crippen molar-refractivity contribution in [2.45, 2.75) is 38.0 Å². The van der Waals surface area contributed by atoms with Gasteiger partial charge in [0.1, 0.15) is 0 Å². The van der Waals surface area contributed by atoms with Crippen LogP contribution in [-0.4, -0.2) is 30.4 Å². The van der Waals surface area contributed by atoms with E-state index in [1.165, 1.54) is 11.0 Å². The Balaban J connectivity index is 0.00000242. The second-order valence-electron chi connectivity index (χ2n) is 5.45. The minimum Gasteiger partial charge on any atom is -0.341 e. The quantitative estimate of drug-likeness (QED) is 0.915. The van der Waals surface area contributed by atoms with Gasteiger partial charge in [-0.15, -0.1) is 12.4 Å². The van der Waals surface area contributed by atoms with Crippen molar-refractivity contribution in [3.63, 3.8) is 0 Å². The summed E-state index contributed by atoms with van der Waals surface area (Å²) in [6, 6.07) is 5.30. The predicted octanol–water partition coefficient (Wildman–Crippen LogP) is 3.23. The van der Waals surface area contributed by atoms with Crippen molar-refractivity contribution >= 4 is 18.3 Å². The van der Waals surface area contributed by atoms with Crippen LogP contribution in [0.25, 0.3) is 0 Å². The third-order valence-corrected chi connectivity index (χ3v) is 3.68. The molecule has 1 aromatic carbocycles. The van der Waals surface area contributed by atoms with Gasteiger partial charge in [0, 0.05) is 26.1 Å². The molecule has 1 aromatic rings. The van der Waals surface area contributed by atoms with Gasteiger partial charge in [0.15, 0.2) is 0 Å². The molecule has 0 bridgehead atoms.